The van der Waals surface area contributed by atoms with Crippen LogP contribution in [0.2, 0.25) is 0 Å². The largest absolute Gasteiger partial charge is 0.480 e. The van der Waals surface area contributed by atoms with E-state index >= 15 is 0 Å². The molecule has 0 aliphatic heterocycles. The zero-order chi connectivity index (χ0) is 12.8. The number of para-hydroxylation sites is 1. The summed E-state index contributed by atoms with van der Waals surface area (Å²) in [4.78, 5) is 21.6. The monoisotopic (exact) mass is 236 g/mol. The fourth-order valence-electron chi connectivity index (χ4n) is 1.34. The molecule has 5 nitrogen and oxygen atoms in total. The van der Waals surface area contributed by atoms with Crippen LogP contribution in [-0.4, -0.2) is 23.0 Å². The number of benzene rings is 1. The molecule has 3 N–H and O–H groups in total. The van der Waals surface area contributed by atoms with Gasteiger partial charge in [0, 0.05) is 19.2 Å². The minimum Gasteiger partial charge on any atom is -0.480 e. The number of rotatable bonds is 5. The molecule has 0 saturated carbocycles. The van der Waals surface area contributed by atoms with Gasteiger partial charge in [0.1, 0.15) is 6.04 Å². The van der Waals surface area contributed by atoms with Gasteiger partial charge in [-0.15, -0.1) is 0 Å². The lowest BCUT2D eigenvalue weighted by Crippen LogP contribution is -2.33. The molecule has 0 bridgehead atoms. The summed E-state index contributed by atoms with van der Waals surface area (Å²) >= 11 is 0. The highest BCUT2D eigenvalue weighted by molar-refractivity contribution is 5.89. The van der Waals surface area contributed by atoms with Crippen molar-refractivity contribution in [3.8, 4) is 0 Å². The normalized spacial score (nSPS) is 11.9. The Hall–Kier alpha value is -1.88. The molecule has 0 fully saturated rings. The van der Waals surface area contributed by atoms with Crippen LogP contribution in [0.3, 0.4) is 0 Å². The topological polar surface area (TPSA) is 78.4 Å². The number of carbonyl (C=O) groups is 2. The van der Waals surface area contributed by atoms with Crippen molar-refractivity contribution >= 4 is 17.6 Å². The van der Waals surface area contributed by atoms with E-state index < -0.39 is 12.0 Å². The van der Waals surface area contributed by atoms with E-state index in [0.717, 1.165) is 5.56 Å². The first-order valence-electron chi connectivity index (χ1n) is 5.32. The maximum atomic E-state index is 11.0. The summed E-state index contributed by atoms with van der Waals surface area (Å²) in [6, 6.07) is 6.65. The molecule has 1 rings (SSSR count). The van der Waals surface area contributed by atoms with E-state index in [4.69, 9.17) is 5.11 Å². The Labute approximate surface area is 99.8 Å². The summed E-state index contributed by atoms with van der Waals surface area (Å²) in [7, 11) is 0. The Kier molecular flexibility index (Phi) is 4.66. The Morgan fingerprint density at radius 3 is 2.59 bits per heavy atom. The van der Waals surface area contributed by atoms with Crippen molar-refractivity contribution in [3.05, 3.63) is 29.8 Å². The summed E-state index contributed by atoms with van der Waals surface area (Å²) in [6.07, 6.45) is 0. The first-order valence-corrected chi connectivity index (χ1v) is 5.32. The molecule has 0 spiro atoms. The van der Waals surface area contributed by atoms with Crippen molar-refractivity contribution in [2.75, 3.05) is 5.32 Å². The van der Waals surface area contributed by atoms with Crippen LogP contribution >= 0.6 is 0 Å². The summed E-state index contributed by atoms with van der Waals surface area (Å²) in [6.45, 7) is 3.40. The van der Waals surface area contributed by atoms with Crippen LogP contribution < -0.4 is 10.6 Å². The van der Waals surface area contributed by atoms with Gasteiger partial charge in [-0.2, -0.15) is 0 Å². The van der Waals surface area contributed by atoms with Crippen LogP contribution in [-0.2, 0) is 16.1 Å². The summed E-state index contributed by atoms with van der Waals surface area (Å²) < 4.78 is 0. The maximum Gasteiger partial charge on any atom is 0.320 e. The third kappa shape index (κ3) is 4.24. The van der Waals surface area contributed by atoms with Crippen molar-refractivity contribution < 1.29 is 14.7 Å². The number of hydrogen-bond acceptors (Lipinski definition) is 3. The van der Waals surface area contributed by atoms with Crippen LogP contribution in [0.25, 0.3) is 0 Å². The second-order valence-corrected chi connectivity index (χ2v) is 3.78. The SMILES string of the molecule is CC(=O)Nc1ccccc1CN[C@@H](C)C(=O)O. The average Bonchev–Trinajstić information content (AvgIpc) is 2.26. The standard InChI is InChI=1S/C12H16N2O3/c1-8(12(16)17)13-7-10-5-3-4-6-11(10)14-9(2)15/h3-6,8,13H,7H2,1-2H3,(H,14,15)(H,16,17)/t8-/m0/s1. The van der Waals surface area contributed by atoms with E-state index in [1.165, 1.54) is 6.92 Å². The van der Waals surface area contributed by atoms with Gasteiger partial charge >= 0.3 is 5.97 Å². The Morgan fingerprint density at radius 2 is 2.00 bits per heavy atom. The van der Waals surface area contributed by atoms with Crippen LogP contribution in [0, 0.1) is 0 Å². The van der Waals surface area contributed by atoms with Crippen LogP contribution in [0.1, 0.15) is 19.4 Å². The molecule has 0 aliphatic rings. The molecule has 92 valence electrons. The van der Waals surface area contributed by atoms with E-state index in [9.17, 15) is 9.59 Å². The number of hydrogen-bond donors (Lipinski definition) is 3. The van der Waals surface area contributed by atoms with Crippen LogP contribution in [0.5, 0.6) is 0 Å². The average molecular weight is 236 g/mol. The third-order valence-electron chi connectivity index (χ3n) is 2.30. The number of carboxylic acid groups (broad SMARTS) is 1. The van der Waals surface area contributed by atoms with Gasteiger partial charge < -0.3 is 15.7 Å². The molecular formula is C12H16N2O3. The number of carboxylic acids is 1. The smallest absolute Gasteiger partial charge is 0.320 e. The Balaban J connectivity index is 2.70. The fourth-order valence-corrected chi connectivity index (χ4v) is 1.34. The molecule has 1 aromatic rings. The molecule has 17 heavy (non-hydrogen) atoms. The van der Waals surface area contributed by atoms with Crippen molar-refractivity contribution in [3.63, 3.8) is 0 Å². The Bertz CT molecular complexity index is 418. The molecule has 1 amide bonds. The van der Waals surface area contributed by atoms with Gasteiger partial charge in [0.25, 0.3) is 0 Å². The zero-order valence-corrected chi connectivity index (χ0v) is 9.86. The van der Waals surface area contributed by atoms with E-state index in [1.807, 2.05) is 18.2 Å². The van der Waals surface area contributed by atoms with E-state index in [0.29, 0.717) is 12.2 Å². The van der Waals surface area contributed by atoms with Gasteiger partial charge in [0.05, 0.1) is 0 Å². The predicted octanol–water partition coefficient (Wildman–Crippen LogP) is 1.21. The summed E-state index contributed by atoms with van der Waals surface area (Å²) in [5.74, 6) is -1.05. The van der Waals surface area contributed by atoms with Gasteiger partial charge in [-0.3, -0.25) is 9.59 Å². The molecule has 5 heteroatoms. The molecule has 0 aromatic heterocycles. The van der Waals surface area contributed by atoms with Crippen molar-refractivity contribution in [2.45, 2.75) is 26.4 Å². The predicted molar refractivity (Wildman–Crippen MR) is 64.7 cm³/mol. The lowest BCUT2D eigenvalue weighted by Gasteiger charge is -2.12. The van der Waals surface area contributed by atoms with Gasteiger partial charge in [0.15, 0.2) is 0 Å². The highest BCUT2D eigenvalue weighted by atomic mass is 16.4. The molecular weight excluding hydrogens is 220 g/mol. The molecule has 1 aromatic carbocycles. The number of nitrogens with one attached hydrogen (secondary N) is 2. The molecule has 0 saturated heterocycles. The van der Waals surface area contributed by atoms with Crippen molar-refractivity contribution in [1.29, 1.82) is 0 Å². The first kappa shape index (κ1) is 13.2. The minimum atomic E-state index is -0.901. The third-order valence-corrected chi connectivity index (χ3v) is 2.30. The highest BCUT2D eigenvalue weighted by Gasteiger charge is 2.10. The molecule has 0 radical (unpaired) electrons. The molecule has 0 aliphatic carbocycles. The minimum absolute atomic E-state index is 0.149. The van der Waals surface area contributed by atoms with Crippen molar-refractivity contribution in [2.24, 2.45) is 0 Å². The van der Waals surface area contributed by atoms with Gasteiger partial charge in [-0.25, -0.2) is 0 Å². The lowest BCUT2D eigenvalue weighted by molar-refractivity contribution is -0.139. The molecule has 0 unspecified atom stereocenters. The second-order valence-electron chi connectivity index (χ2n) is 3.78. The maximum absolute atomic E-state index is 11.0. The fraction of sp³-hybridized carbons (Fsp3) is 0.333. The Morgan fingerprint density at radius 1 is 1.35 bits per heavy atom. The summed E-state index contributed by atoms with van der Waals surface area (Å²) in [5, 5.41) is 14.3. The van der Waals surface area contributed by atoms with E-state index in [2.05, 4.69) is 10.6 Å². The first-order chi connectivity index (χ1) is 8.00. The lowest BCUT2D eigenvalue weighted by atomic mass is 10.1. The van der Waals surface area contributed by atoms with Crippen LogP contribution in [0.15, 0.2) is 24.3 Å². The van der Waals surface area contributed by atoms with E-state index in [1.54, 1.807) is 13.0 Å². The highest BCUT2D eigenvalue weighted by Crippen LogP contribution is 2.14. The number of amides is 1. The quantitative estimate of drug-likeness (QED) is 0.718. The van der Waals surface area contributed by atoms with Gasteiger partial charge in [-0.05, 0) is 18.6 Å². The van der Waals surface area contributed by atoms with E-state index in [-0.39, 0.29) is 5.91 Å². The number of aliphatic carboxylic acids is 1. The summed E-state index contributed by atoms with van der Waals surface area (Å²) in [5.41, 5.74) is 1.56. The van der Waals surface area contributed by atoms with Gasteiger partial charge in [-0.1, -0.05) is 18.2 Å². The number of anilines is 1. The molecule has 1 atom stereocenters. The van der Waals surface area contributed by atoms with Crippen molar-refractivity contribution in [1.82, 2.24) is 5.32 Å². The van der Waals surface area contributed by atoms with Gasteiger partial charge in [0.2, 0.25) is 5.91 Å². The van der Waals surface area contributed by atoms with Crippen LogP contribution in [0.4, 0.5) is 5.69 Å². The zero-order valence-electron chi connectivity index (χ0n) is 9.86. The number of carbonyl (C=O) groups excluding carboxylic acids is 1. The molecule has 0 heterocycles. The second kappa shape index (κ2) is 6.00.